The Hall–Kier alpha value is -3.54. The Morgan fingerprint density at radius 1 is 0.656 bits per heavy atom. The number of nitrogens with zero attached hydrogens (tertiary/aromatic N) is 2. The lowest BCUT2D eigenvalue weighted by atomic mass is 10.1. The van der Waals surface area contributed by atoms with Crippen molar-refractivity contribution in [1.82, 2.24) is 9.97 Å². The van der Waals surface area contributed by atoms with Crippen LogP contribution in [0.15, 0.2) is 60.9 Å². The van der Waals surface area contributed by atoms with Crippen LogP contribution in [0.2, 0.25) is 0 Å². The van der Waals surface area contributed by atoms with Gasteiger partial charge in [0.1, 0.15) is 0 Å². The Labute approximate surface area is 189 Å². The normalized spacial score (nSPS) is 10.6. The first-order valence-corrected chi connectivity index (χ1v) is 11.2. The number of rotatable bonds is 10. The molecule has 0 aliphatic carbocycles. The second-order valence-corrected chi connectivity index (χ2v) is 7.75. The van der Waals surface area contributed by atoms with Crippen molar-refractivity contribution in [2.24, 2.45) is 0 Å². The predicted octanol–water partition coefficient (Wildman–Crippen LogP) is 6.07. The summed E-state index contributed by atoms with van der Waals surface area (Å²) in [5.74, 6) is 0.697. The van der Waals surface area contributed by atoms with Gasteiger partial charge in [-0.05, 0) is 54.8 Å². The fraction of sp³-hybridized carbons (Fsp3) is 0.308. The SMILES string of the molecule is CCCCC(=O)Nc1ccc(-c2cnc(-c3ccc(NC(=O)CCCC)cc3)nc2)cc1. The third-order valence-electron chi connectivity index (χ3n) is 5.10. The molecule has 166 valence electrons. The van der Waals surface area contributed by atoms with E-state index in [4.69, 9.17) is 0 Å². The van der Waals surface area contributed by atoms with Gasteiger partial charge in [-0.1, -0.05) is 38.8 Å². The molecule has 1 heterocycles. The third-order valence-corrected chi connectivity index (χ3v) is 5.10. The Kier molecular flexibility index (Phi) is 8.49. The Morgan fingerprint density at radius 3 is 1.53 bits per heavy atom. The van der Waals surface area contributed by atoms with Crippen molar-refractivity contribution in [1.29, 1.82) is 0 Å². The summed E-state index contributed by atoms with van der Waals surface area (Å²) >= 11 is 0. The van der Waals surface area contributed by atoms with E-state index in [1.54, 1.807) is 12.4 Å². The monoisotopic (exact) mass is 430 g/mol. The highest BCUT2D eigenvalue weighted by Crippen LogP contribution is 2.23. The van der Waals surface area contributed by atoms with E-state index in [1.807, 2.05) is 48.5 Å². The molecule has 3 rings (SSSR count). The van der Waals surface area contributed by atoms with Gasteiger partial charge < -0.3 is 10.6 Å². The smallest absolute Gasteiger partial charge is 0.224 e. The molecule has 0 aliphatic rings. The van der Waals surface area contributed by atoms with E-state index >= 15 is 0 Å². The van der Waals surface area contributed by atoms with Gasteiger partial charge in [0, 0.05) is 47.7 Å². The Balaban J connectivity index is 1.61. The summed E-state index contributed by atoms with van der Waals surface area (Å²) in [4.78, 5) is 32.7. The fourth-order valence-corrected chi connectivity index (χ4v) is 3.20. The van der Waals surface area contributed by atoms with Crippen LogP contribution in [0.25, 0.3) is 22.5 Å². The summed E-state index contributed by atoms with van der Waals surface area (Å²) in [6.07, 6.45) is 8.44. The topological polar surface area (TPSA) is 84.0 Å². The zero-order valence-electron chi connectivity index (χ0n) is 18.7. The van der Waals surface area contributed by atoms with Crippen LogP contribution >= 0.6 is 0 Å². The molecule has 0 saturated carbocycles. The molecule has 0 unspecified atom stereocenters. The molecule has 32 heavy (non-hydrogen) atoms. The van der Waals surface area contributed by atoms with E-state index in [2.05, 4.69) is 34.4 Å². The number of nitrogens with one attached hydrogen (secondary N) is 2. The number of unbranched alkanes of at least 4 members (excludes halogenated alkanes) is 2. The van der Waals surface area contributed by atoms with Crippen LogP contribution in [-0.4, -0.2) is 21.8 Å². The van der Waals surface area contributed by atoms with Crippen LogP contribution in [0.3, 0.4) is 0 Å². The molecule has 2 N–H and O–H groups in total. The molecule has 0 radical (unpaired) electrons. The minimum absolute atomic E-state index is 0.0340. The minimum atomic E-state index is 0.0340. The van der Waals surface area contributed by atoms with E-state index < -0.39 is 0 Å². The maximum Gasteiger partial charge on any atom is 0.224 e. The molecule has 0 atom stereocenters. The lowest BCUT2D eigenvalue weighted by molar-refractivity contribution is -0.117. The maximum atomic E-state index is 11.9. The number of carbonyl (C=O) groups is 2. The van der Waals surface area contributed by atoms with Crippen molar-refractivity contribution in [3.05, 3.63) is 60.9 Å². The Bertz CT molecular complexity index is 929. The minimum Gasteiger partial charge on any atom is -0.326 e. The first-order valence-electron chi connectivity index (χ1n) is 11.2. The van der Waals surface area contributed by atoms with Crippen molar-refractivity contribution in [3.63, 3.8) is 0 Å². The van der Waals surface area contributed by atoms with E-state index in [-0.39, 0.29) is 11.8 Å². The molecule has 6 heteroatoms. The number of hydrogen-bond acceptors (Lipinski definition) is 4. The molecule has 2 amide bonds. The second kappa shape index (κ2) is 11.7. The van der Waals surface area contributed by atoms with Gasteiger partial charge in [0.15, 0.2) is 5.82 Å². The van der Waals surface area contributed by atoms with Crippen molar-refractivity contribution >= 4 is 23.2 Å². The zero-order chi connectivity index (χ0) is 22.8. The summed E-state index contributed by atoms with van der Waals surface area (Å²) in [6, 6.07) is 15.2. The first kappa shape index (κ1) is 23.1. The molecule has 6 nitrogen and oxygen atoms in total. The molecule has 1 aromatic heterocycles. The molecule has 0 fully saturated rings. The van der Waals surface area contributed by atoms with Crippen molar-refractivity contribution in [2.45, 2.75) is 52.4 Å². The van der Waals surface area contributed by atoms with Gasteiger partial charge in [0.05, 0.1) is 0 Å². The van der Waals surface area contributed by atoms with E-state index in [9.17, 15) is 9.59 Å². The van der Waals surface area contributed by atoms with Crippen molar-refractivity contribution in [3.8, 4) is 22.5 Å². The Morgan fingerprint density at radius 2 is 1.09 bits per heavy atom. The number of anilines is 2. The number of hydrogen-bond donors (Lipinski definition) is 2. The highest BCUT2D eigenvalue weighted by molar-refractivity contribution is 5.91. The number of benzene rings is 2. The number of aromatic nitrogens is 2. The van der Waals surface area contributed by atoms with Crippen molar-refractivity contribution in [2.75, 3.05) is 10.6 Å². The summed E-state index contributed by atoms with van der Waals surface area (Å²) in [7, 11) is 0. The van der Waals surface area contributed by atoms with Gasteiger partial charge in [0.2, 0.25) is 11.8 Å². The van der Waals surface area contributed by atoms with Crippen LogP contribution in [0, 0.1) is 0 Å². The van der Waals surface area contributed by atoms with Gasteiger partial charge in [-0.15, -0.1) is 0 Å². The highest BCUT2D eigenvalue weighted by Gasteiger charge is 2.06. The average molecular weight is 431 g/mol. The zero-order valence-corrected chi connectivity index (χ0v) is 18.7. The van der Waals surface area contributed by atoms with Gasteiger partial charge in [-0.2, -0.15) is 0 Å². The lowest BCUT2D eigenvalue weighted by Crippen LogP contribution is -2.10. The number of carbonyl (C=O) groups excluding carboxylic acids is 2. The second-order valence-electron chi connectivity index (χ2n) is 7.75. The maximum absolute atomic E-state index is 11.9. The molecule has 0 spiro atoms. The van der Waals surface area contributed by atoms with E-state index in [0.29, 0.717) is 18.7 Å². The molecule has 0 bridgehead atoms. The molecular formula is C26H30N4O2. The standard InChI is InChI=1S/C26H30N4O2/c1-3-5-7-24(31)29-22-13-9-19(10-14-22)21-17-27-26(28-18-21)20-11-15-23(16-12-20)30-25(32)8-6-4-2/h9-18H,3-8H2,1-2H3,(H,29,31)(H,30,32). The molecule has 0 saturated heterocycles. The van der Waals surface area contributed by atoms with Crippen LogP contribution in [0.5, 0.6) is 0 Å². The summed E-state index contributed by atoms with van der Waals surface area (Å²) in [5, 5.41) is 5.82. The summed E-state index contributed by atoms with van der Waals surface area (Å²) in [6.45, 7) is 4.14. The molecule has 2 aromatic carbocycles. The van der Waals surface area contributed by atoms with Crippen LogP contribution in [0.1, 0.15) is 52.4 Å². The summed E-state index contributed by atoms with van der Waals surface area (Å²) < 4.78 is 0. The third kappa shape index (κ3) is 6.74. The van der Waals surface area contributed by atoms with Crippen LogP contribution in [0.4, 0.5) is 11.4 Å². The summed E-state index contributed by atoms with van der Waals surface area (Å²) in [5.41, 5.74) is 4.32. The average Bonchev–Trinajstić information content (AvgIpc) is 2.82. The first-order chi connectivity index (χ1) is 15.6. The largest absolute Gasteiger partial charge is 0.326 e. The van der Waals surface area contributed by atoms with Gasteiger partial charge in [0.25, 0.3) is 0 Å². The molecule has 0 aliphatic heterocycles. The predicted molar refractivity (Wildman–Crippen MR) is 129 cm³/mol. The molecule has 3 aromatic rings. The highest BCUT2D eigenvalue weighted by atomic mass is 16.2. The quantitative estimate of drug-likeness (QED) is 0.409. The lowest BCUT2D eigenvalue weighted by Gasteiger charge is -2.08. The number of amides is 2. The fourth-order valence-electron chi connectivity index (χ4n) is 3.20. The van der Waals surface area contributed by atoms with Gasteiger partial charge in [-0.25, -0.2) is 9.97 Å². The van der Waals surface area contributed by atoms with Crippen molar-refractivity contribution < 1.29 is 9.59 Å². The van der Waals surface area contributed by atoms with Crippen LogP contribution < -0.4 is 10.6 Å². The van der Waals surface area contributed by atoms with Gasteiger partial charge in [-0.3, -0.25) is 9.59 Å². The molecular weight excluding hydrogens is 400 g/mol. The van der Waals surface area contributed by atoms with E-state index in [1.165, 1.54) is 0 Å². The van der Waals surface area contributed by atoms with Gasteiger partial charge >= 0.3 is 0 Å². The van der Waals surface area contributed by atoms with Crippen LogP contribution in [-0.2, 0) is 9.59 Å². The van der Waals surface area contributed by atoms with E-state index in [0.717, 1.165) is 53.7 Å².